The number of rotatable bonds is 2. The number of nitrogens with zero attached hydrogens (tertiary/aromatic N) is 1. The van der Waals surface area contributed by atoms with Crippen molar-refractivity contribution in [3.05, 3.63) is 16.1 Å². The van der Waals surface area contributed by atoms with E-state index in [1.165, 1.54) is 13.1 Å². The molecule has 0 unspecified atom stereocenters. The molecule has 0 saturated heterocycles. The summed E-state index contributed by atoms with van der Waals surface area (Å²) in [6.45, 7) is 0.855. The average molecular weight is 159 g/mol. The van der Waals surface area contributed by atoms with Gasteiger partial charge in [-0.1, -0.05) is 0 Å². The highest BCUT2D eigenvalue weighted by Gasteiger charge is 2.04. The van der Waals surface area contributed by atoms with Crippen LogP contribution in [0, 0.1) is 0 Å². The molecule has 0 aliphatic carbocycles. The third-order valence-electron chi connectivity index (χ3n) is 1.01. The number of thiazole rings is 1. The molecule has 54 valence electrons. The summed E-state index contributed by atoms with van der Waals surface area (Å²) in [4.78, 5) is 14.8. The highest BCUT2D eigenvalue weighted by molar-refractivity contribution is 7.13. The van der Waals surface area contributed by atoms with Crippen molar-refractivity contribution in [2.45, 2.75) is 13.6 Å². The fourth-order valence-electron chi connectivity index (χ4n) is 0.535. The zero-order valence-corrected chi connectivity index (χ0v) is 6.24. The molecule has 0 spiro atoms. The molecule has 10 heavy (non-hydrogen) atoms. The van der Waals surface area contributed by atoms with Gasteiger partial charge in [-0.3, -0.25) is 4.79 Å². The van der Waals surface area contributed by atoms with Gasteiger partial charge in [-0.05, 0) is 0 Å². The summed E-state index contributed by atoms with van der Waals surface area (Å²) in [5, 5.41) is 0.366. The Morgan fingerprint density at radius 2 is 2.60 bits per heavy atom. The van der Waals surface area contributed by atoms with Crippen LogP contribution in [0.15, 0.2) is 6.20 Å². The van der Waals surface area contributed by atoms with Gasteiger partial charge in [-0.2, -0.15) is 0 Å². The molecule has 1 aromatic heterocycles. The number of carbonyl (C=O) groups is 1. The van der Waals surface area contributed by atoms with E-state index in [-0.39, 0.29) is 5.78 Å². The van der Waals surface area contributed by atoms with Crippen molar-refractivity contribution >= 4 is 17.1 Å². The van der Waals surface area contributed by atoms with E-state index >= 15 is 0 Å². The van der Waals surface area contributed by atoms with Gasteiger partial charge in [-0.25, -0.2) is 9.37 Å². The van der Waals surface area contributed by atoms with Crippen LogP contribution in [0.3, 0.4) is 0 Å². The lowest BCUT2D eigenvalue weighted by atomic mass is 10.4. The Hall–Kier alpha value is -0.770. The van der Waals surface area contributed by atoms with E-state index < -0.39 is 6.67 Å². The summed E-state index contributed by atoms with van der Waals surface area (Å²) in [6, 6.07) is 0. The summed E-state index contributed by atoms with van der Waals surface area (Å²) in [5.74, 6) is -0.0581. The van der Waals surface area contributed by atoms with Crippen LogP contribution in [0.5, 0.6) is 0 Å². The standard InChI is InChI=1S/C6H6FNOS/c1-4(9)5-3-8-6(2-7)10-5/h3H,2H2,1H3. The van der Waals surface area contributed by atoms with Crippen LogP contribution >= 0.6 is 11.3 Å². The van der Waals surface area contributed by atoms with Crippen LogP contribution in [-0.4, -0.2) is 10.8 Å². The van der Waals surface area contributed by atoms with E-state index in [0.29, 0.717) is 9.88 Å². The highest BCUT2D eigenvalue weighted by Crippen LogP contribution is 2.13. The third-order valence-corrected chi connectivity index (χ3v) is 2.08. The van der Waals surface area contributed by atoms with E-state index in [1.54, 1.807) is 0 Å². The molecule has 0 amide bonds. The number of hydrogen-bond donors (Lipinski definition) is 0. The van der Waals surface area contributed by atoms with Gasteiger partial charge in [0.05, 0.1) is 4.88 Å². The average Bonchev–Trinajstić information content (AvgIpc) is 2.34. The Kier molecular flexibility index (Phi) is 2.11. The zero-order valence-electron chi connectivity index (χ0n) is 5.43. The van der Waals surface area contributed by atoms with E-state index in [0.717, 1.165) is 11.3 Å². The van der Waals surface area contributed by atoms with Crippen molar-refractivity contribution in [2.75, 3.05) is 0 Å². The van der Waals surface area contributed by atoms with Gasteiger partial charge in [0.2, 0.25) is 0 Å². The molecule has 0 fully saturated rings. The van der Waals surface area contributed by atoms with Gasteiger partial charge in [0, 0.05) is 13.1 Å². The fourth-order valence-corrected chi connectivity index (χ4v) is 1.20. The number of alkyl halides is 1. The van der Waals surface area contributed by atoms with Crippen LogP contribution in [-0.2, 0) is 6.67 Å². The first-order chi connectivity index (χ1) is 4.74. The molecule has 0 saturated carbocycles. The van der Waals surface area contributed by atoms with Crippen molar-refractivity contribution in [3.8, 4) is 0 Å². The van der Waals surface area contributed by atoms with Crippen molar-refractivity contribution in [1.82, 2.24) is 4.98 Å². The van der Waals surface area contributed by atoms with Crippen LogP contribution in [0.2, 0.25) is 0 Å². The second kappa shape index (κ2) is 2.88. The van der Waals surface area contributed by atoms with Crippen molar-refractivity contribution < 1.29 is 9.18 Å². The Bertz CT molecular complexity index is 246. The van der Waals surface area contributed by atoms with Crippen LogP contribution in [0.4, 0.5) is 4.39 Å². The zero-order chi connectivity index (χ0) is 7.56. The second-order valence-corrected chi connectivity index (χ2v) is 2.92. The first kappa shape index (κ1) is 7.34. The van der Waals surface area contributed by atoms with E-state index in [2.05, 4.69) is 4.98 Å². The molecule has 1 heterocycles. The summed E-state index contributed by atoms with van der Waals surface area (Å²) in [6.07, 6.45) is 1.40. The minimum Gasteiger partial charge on any atom is -0.294 e. The quantitative estimate of drug-likeness (QED) is 0.616. The molecule has 0 aliphatic rings. The predicted molar refractivity (Wildman–Crippen MR) is 36.9 cm³/mol. The minimum atomic E-state index is -0.585. The lowest BCUT2D eigenvalue weighted by Crippen LogP contribution is -1.83. The molecule has 0 aliphatic heterocycles. The van der Waals surface area contributed by atoms with Crippen molar-refractivity contribution in [1.29, 1.82) is 0 Å². The fraction of sp³-hybridized carbons (Fsp3) is 0.333. The maximum absolute atomic E-state index is 11.8. The molecule has 0 N–H and O–H groups in total. The molecular weight excluding hydrogens is 153 g/mol. The Morgan fingerprint density at radius 1 is 1.90 bits per heavy atom. The summed E-state index contributed by atoms with van der Waals surface area (Å²) >= 11 is 1.11. The Balaban J connectivity index is 2.88. The molecule has 1 aromatic rings. The number of ketones is 1. The summed E-state index contributed by atoms with van der Waals surface area (Å²) < 4.78 is 11.8. The molecule has 0 radical (unpaired) electrons. The predicted octanol–water partition coefficient (Wildman–Crippen LogP) is 1.82. The van der Waals surface area contributed by atoms with Gasteiger partial charge in [0.15, 0.2) is 5.78 Å². The van der Waals surface area contributed by atoms with Crippen LogP contribution < -0.4 is 0 Å². The van der Waals surface area contributed by atoms with Gasteiger partial charge in [-0.15, -0.1) is 11.3 Å². The highest BCUT2D eigenvalue weighted by atomic mass is 32.1. The monoisotopic (exact) mass is 159 g/mol. The number of aromatic nitrogens is 1. The van der Waals surface area contributed by atoms with E-state index in [4.69, 9.17) is 0 Å². The first-order valence-electron chi connectivity index (χ1n) is 2.75. The lowest BCUT2D eigenvalue weighted by Gasteiger charge is -1.80. The maximum atomic E-state index is 11.8. The Morgan fingerprint density at radius 3 is 2.90 bits per heavy atom. The van der Waals surface area contributed by atoms with Gasteiger partial charge in [0.25, 0.3) is 0 Å². The summed E-state index contributed by atoms with van der Waals surface area (Å²) in [5.41, 5.74) is 0. The molecule has 2 nitrogen and oxygen atoms in total. The van der Waals surface area contributed by atoms with Crippen LogP contribution in [0.25, 0.3) is 0 Å². The van der Waals surface area contributed by atoms with Gasteiger partial charge < -0.3 is 0 Å². The molecule has 0 bridgehead atoms. The minimum absolute atomic E-state index is 0.0581. The lowest BCUT2D eigenvalue weighted by molar-refractivity contribution is 0.102. The first-order valence-corrected chi connectivity index (χ1v) is 3.57. The molecule has 4 heteroatoms. The SMILES string of the molecule is CC(=O)c1cnc(CF)s1. The van der Waals surface area contributed by atoms with E-state index in [1.807, 2.05) is 0 Å². The second-order valence-electron chi connectivity index (χ2n) is 1.81. The van der Waals surface area contributed by atoms with Gasteiger partial charge >= 0.3 is 0 Å². The molecule has 1 rings (SSSR count). The van der Waals surface area contributed by atoms with Crippen molar-refractivity contribution in [3.63, 3.8) is 0 Å². The molecule has 0 atom stereocenters. The largest absolute Gasteiger partial charge is 0.294 e. The summed E-state index contributed by atoms with van der Waals surface area (Å²) in [7, 11) is 0. The number of carbonyl (C=O) groups excluding carboxylic acids is 1. The van der Waals surface area contributed by atoms with E-state index in [9.17, 15) is 9.18 Å². The third kappa shape index (κ3) is 1.39. The molecular formula is C6H6FNOS. The van der Waals surface area contributed by atoms with Crippen LogP contribution in [0.1, 0.15) is 21.6 Å². The topological polar surface area (TPSA) is 30.0 Å². The number of hydrogen-bond acceptors (Lipinski definition) is 3. The maximum Gasteiger partial charge on any atom is 0.171 e. The van der Waals surface area contributed by atoms with Gasteiger partial charge in [0.1, 0.15) is 11.7 Å². The number of halogens is 1. The molecule has 0 aromatic carbocycles. The Labute approximate surface area is 61.7 Å². The van der Waals surface area contributed by atoms with Crippen molar-refractivity contribution in [2.24, 2.45) is 0 Å². The smallest absolute Gasteiger partial charge is 0.171 e. The number of Topliss-reactive ketones (excluding diaryl/α,β-unsaturated/α-hetero) is 1. The normalized spacial score (nSPS) is 9.80.